The molecule has 130 valence electrons. The van der Waals surface area contributed by atoms with Gasteiger partial charge in [0.1, 0.15) is 0 Å². The van der Waals surface area contributed by atoms with Gasteiger partial charge in [-0.05, 0) is 6.42 Å². The Balaban J connectivity index is -0.00000200. The molecule has 23 heavy (non-hydrogen) atoms. The molecule has 0 fully saturated rings. The summed E-state index contributed by atoms with van der Waals surface area (Å²) < 4.78 is 30.8. The van der Waals surface area contributed by atoms with E-state index in [1.807, 2.05) is 0 Å². The standard InChI is InChI=1S/C14H28O6S.2Na.2H/c1-2-3-4-5-6-7-8-9-10-11-12-19-21(17,18)20-13-14(15)16;;;;/h2-13H2,1H3,(H,15,16);;;;. The Kier molecular flexibility index (Phi) is 24.9. The van der Waals surface area contributed by atoms with Gasteiger partial charge in [-0.25, -0.2) is 13.2 Å². The van der Waals surface area contributed by atoms with Crippen molar-refractivity contribution in [1.82, 2.24) is 0 Å². The Hall–Kier alpha value is 1.34. The molecule has 6 nitrogen and oxygen atoms in total. The van der Waals surface area contributed by atoms with Crippen molar-refractivity contribution in [2.24, 2.45) is 0 Å². The summed E-state index contributed by atoms with van der Waals surface area (Å²) in [6.07, 6.45) is 11.5. The summed E-state index contributed by atoms with van der Waals surface area (Å²) >= 11 is 0. The van der Waals surface area contributed by atoms with Gasteiger partial charge in [0.2, 0.25) is 0 Å². The first kappa shape index (κ1) is 29.1. The zero-order valence-corrected chi connectivity index (χ0v) is 13.7. The van der Waals surface area contributed by atoms with Gasteiger partial charge in [-0.2, -0.15) is 8.42 Å². The number of rotatable bonds is 15. The van der Waals surface area contributed by atoms with Crippen LogP contribution < -0.4 is 0 Å². The summed E-state index contributed by atoms with van der Waals surface area (Å²) in [5.41, 5.74) is 0. The minimum absolute atomic E-state index is 0. The van der Waals surface area contributed by atoms with Gasteiger partial charge in [0.15, 0.2) is 6.61 Å². The quantitative estimate of drug-likeness (QED) is 0.349. The molecular weight excluding hydrogens is 342 g/mol. The molecule has 0 aromatic heterocycles. The number of hydrogen-bond donors (Lipinski definition) is 1. The molecule has 0 saturated carbocycles. The van der Waals surface area contributed by atoms with Crippen LogP contribution in [0.4, 0.5) is 0 Å². The van der Waals surface area contributed by atoms with Crippen LogP contribution in [0, 0.1) is 0 Å². The van der Waals surface area contributed by atoms with Crippen molar-refractivity contribution in [1.29, 1.82) is 0 Å². The summed E-state index contributed by atoms with van der Waals surface area (Å²) in [5.74, 6) is -1.35. The van der Waals surface area contributed by atoms with E-state index in [1.54, 1.807) is 0 Å². The van der Waals surface area contributed by atoms with Crippen molar-refractivity contribution in [3.8, 4) is 0 Å². The maximum absolute atomic E-state index is 11.1. The molecule has 0 atom stereocenters. The number of aliphatic carboxylic acids is 1. The van der Waals surface area contributed by atoms with Gasteiger partial charge < -0.3 is 5.11 Å². The van der Waals surface area contributed by atoms with Crippen molar-refractivity contribution in [2.75, 3.05) is 13.2 Å². The SMILES string of the molecule is CCCCCCCCCCCCOS(=O)(=O)OCC(=O)O.[NaH].[NaH]. The van der Waals surface area contributed by atoms with E-state index < -0.39 is 23.0 Å². The second-order valence-electron chi connectivity index (χ2n) is 5.07. The third kappa shape index (κ3) is 23.3. The van der Waals surface area contributed by atoms with Crippen molar-refractivity contribution >= 4 is 75.5 Å². The fraction of sp³-hybridized carbons (Fsp3) is 0.929. The van der Waals surface area contributed by atoms with Gasteiger partial charge in [0, 0.05) is 0 Å². The molecule has 0 amide bonds. The number of hydrogen-bond acceptors (Lipinski definition) is 5. The van der Waals surface area contributed by atoms with Crippen LogP contribution in [0.15, 0.2) is 0 Å². The van der Waals surface area contributed by atoms with Crippen molar-refractivity contribution < 1.29 is 26.7 Å². The molecule has 0 aromatic carbocycles. The fourth-order valence-electron chi connectivity index (χ4n) is 1.91. The predicted molar refractivity (Wildman–Crippen MR) is 94.6 cm³/mol. The molecule has 0 spiro atoms. The number of unbranched alkanes of at least 4 members (excludes halogenated alkanes) is 9. The molecule has 9 heteroatoms. The molecular formula is C14H30Na2O6S. The van der Waals surface area contributed by atoms with E-state index >= 15 is 0 Å². The van der Waals surface area contributed by atoms with Crippen LogP contribution >= 0.6 is 0 Å². The summed E-state index contributed by atoms with van der Waals surface area (Å²) in [6.45, 7) is 1.34. The van der Waals surface area contributed by atoms with Crippen LogP contribution in [-0.4, -0.2) is 91.8 Å². The summed E-state index contributed by atoms with van der Waals surface area (Å²) in [7, 11) is -4.17. The van der Waals surface area contributed by atoms with Gasteiger partial charge in [-0.3, -0.25) is 0 Å². The van der Waals surface area contributed by atoms with E-state index in [1.165, 1.54) is 38.5 Å². The molecule has 0 radical (unpaired) electrons. The predicted octanol–water partition coefficient (Wildman–Crippen LogP) is 1.97. The normalized spacial score (nSPS) is 10.7. The van der Waals surface area contributed by atoms with E-state index in [-0.39, 0.29) is 65.7 Å². The third-order valence-corrected chi connectivity index (χ3v) is 3.91. The van der Waals surface area contributed by atoms with Crippen LogP contribution in [0.3, 0.4) is 0 Å². The maximum atomic E-state index is 11.1. The number of carboxylic acids is 1. The van der Waals surface area contributed by atoms with Gasteiger partial charge in [0.05, 0.1) is 6.61 Å². The van der Waals surface area contributed by atoms with Gasteiger partial charge in [-0.1, -0.05) is 64.7 Å². The summed E-state index contributed by atoms with van der Waals surface area (Å²) in [6, 6.07) is 0. The van der Waals surface area contributed by atoms with Crippen molar-refractivity contribution in [2.45, 2.75) is 71.1 Å². The second kappa shape index (κ2) is 19.7. The fourth-order valence-corrected chi connectivity index (χ4v) is 2.54. The third-order valence-electron chi connectivity index (χ3n) is 3.05. The van der Waals surface area contributed by atoms with Gasteiger partial charge >= 0.3 is 75.5 Å². The Morgan fingerprint density at radius 2 is 1.26 bits per heavy atom. The molecule has 0 aliphatic heterocycles. The first-order valence-corrected chi connectivity index (χ1v) is 9.07. The number of carboxylic acid groups (broad SMARTS) is 1. The van der Waals surface area contributed by atoms with Gasteiger partial charge in [-0.15, -0.1) is 0 Å². The van der Waals surface area contributed by atoms with Crippen LogP contribution in [0.25, 0.3) is 0 Å². The average Bonchev–Trinajstić information content (AvgIpc) is 2.43. The van der Waals surface area contributed by atoms with Crippen molar-refractivity contribution in [3.05, 3.63) is 0 Å². The van der Waals surface area contributed by atoms with E-state index in [4.69, 9.17) is 5.11 Å². The molecule has 0 bridgehead atoms. The van der Waals surface area contributed by atoms with E-state index in [9.17, 15) is 13.2 Å². The van der Waals surface area contributed by atoms with Crippen LogP contribution in [-0.2, 0) is 23.6 Å². The zero-order chi connectivity index (χ0) is 16.0. The second-order valence-corrected chi connectivity index (χ2v) is 6.36. The number of carbonyl (C=O) groups is 1. The molecule has 1 N–H and O–H groups in total. The van der Waals surface area contributed by atoms with Crippen LogP contribution in [0.1, 0.15) is 71.1 Å². The van der Waals surface area contributed by atoms with Crippen molar-refractivity contribution in [3.63, 3.8) is 0 Å². The molecule has 0 aliphatic carbocycles. The van der Waals surface area contributed by atoms with Gasteiger partial charge in [0.25, 0.3) is 0 Å². The Morgan fingerprint density at radius 3 is 1.70 bits per heavy atom. The molecule has 0 aromatic rings. The van der Waals surface area contributed by atoms with E-state index in [0.29, 0.717) is 6.42 Å². The molecule has 0 heterocycles. The summed E-state index contributed by atoms with van der Waals surface area (Å²) in [4.78, 5) is 10.2. The summed E-state index contributed by atoms with van der Waals surface area (Å²) in [5, 5.41) is 8.29. The first-order chi connectivity index (χ1) is 9.98. The first-order valence-electron chi connectivity index (χ1n) is 7.73. The van der Waals surface area contributed by atoms with Crippen LogP contribution in [0.2, 0.25) is 0 Å². The molecule has 0 saturated heterocycles. The monoisotopic (exact) mass is 372 g/mol. The van der Waals surface area contributed by atoms with Crippen LogP contribution in [0.5, 0.6) is 0 Å². The Bertz CT molecular complexity index is 362. The minimum atomic E-state index is -4.17. The molecule has 0 unspecified atom stereocenters. The topological polar surface area (TPSA) is 89.9 Å². The van der Waals surface area contributed by atoms with E-state index in [0.717, 1.165) is 19.3 Å². The Labute approximate surface area is 185 Å². The average molecular weight is 372 g/mol. The zero-order valence-electron chi connectivity index (χ0n) is 12.9. The Morgan fingerprint density at radius 1 is 0.826 bits per heavy atom. The molecule has 0 aliphatic rings. The van der Waals surface area contributed by atoms with E-state index in [2.05, 4.69) is 15.3 Å². The molecule has 0 rings (SSSR count).